The number of nitrogens with one attached hydrogen (secondary N) is 2. The number of aromatic nitrogens is 1. The van der Waals surface area contributed by atoms with Gasteiger partial charge in [-0.15, -0.1) is 35.3 Å². The van der Waals surface area contributed by atoms with Crippen LogP contribution in [0.1, 0.15) is 29.3 Å². The lowest BCUT2D eigenvalue weighted by Gasteiger charge is -2.12. The minimum Gasteiger partial charge on any atom is -0.357 e. The maximum absolute atomic E-state index is 12.1. The predicted octanol–water partition coefficient (Wildman–Crippen LogP) is 2.83. The molecule has 2 rings (SSSR count). The van der Waals surface area contributed by atoms with Gasteiger partial charge in [-0.25, -0.2) is 22.7 Å². The third-order valence-electron chi connectivity index (χ3n) is 3.82. The van der Waals surface area contributed by atoms with E-state index in [1.165, 1.54) is 23.3 Å². The Hall–Kier alpha value is -1.24. The molecule has 0 fully saturated rings. The van der Waals surface area contributed by atoms with Crippen molar-refractivity contribution in [3.05, 3.63) is 45.9 Å². The number of aliphatic imine (C=N–C) groups is 1. The Morgan fingerprint density at radius 2 is 1.86 bits per heavy atom. The fourth-order valence-electron chi connectivity index (χ4n) is 2.24. The predicted molar refractivity (Wildman–Crippen MR) is 126 cm³/mol. The lowest BCUT2D eigenvalue weighted by molar-refractivity contribution is 0.520. The minimum atomic E-state index is -3.41. The Morgan fingerprint density at radius 3 is 2.39 bits per heavy atom. The summed E-state index contributed by atoms with van der Waals surface area (Å²) < 4.78 is 25.4. The monoisotopic (exact) mass is 537 g/mol. The van der Waals surface area contributed by atoms with Gasteiger partial charge in [0.1, 0.15) is 5.01 Å². The second kappa shape index (κ2) is 11.7. The van der Waals surface area contributed by atoms with Gasteiger partial charge in [-0.3, -0.25) is 0 Å². The van der Waals surface area contributed by atoms with Crippen LogP contribution in [-0.2, 0) is 29.5 Å². The van der Waals surface area contributed by atoms with Crippen LogP contribution in [0.2, 0.25) is 0 Å². The molecule has 156 valence electrons. The topological polar surface area (TPSA) is 86.7 Å². The lowest BCUT2D eigenvalue weighted by atomic mass is 10.2. The fourth-order valence-corrected chi connectivity index (χ4v) is 3.95. The molecule has 1 aromatic carbocycles. The number of thiazole rings is 1. The van der Waals surface area contributed by atoms with Gasteiger partial charge in [0, 0.05) is 31.7 Å². The second-order valence-corrected chi connectivity index (χ2v) is 9.41. The summed E-state index contributed by atoms with van der Waals surface area (Å²) in [6.45, 7) is 5.96. The van der Waals surface area contributed by atoms with E-state index < -0.39 is 10.0 Å². The summed E-state index contributed by atoms with van der Waals surface area (Å²) in [7, 11) is -0.363. The van der Waals surface area contributed by atoms with Crippen LogP contribution in [0.4, 0.5) is 0 Å². The number of benzene rings is 1. The van der Waals surface area contributed by atoms with Gasteiger partial charge in [0.05, 0.1) is 18.0 Å². The molecule has 1 heterocycles. The molecule has 2 aromatic rings. The van der Waals surface area contributed by atoms with E-state index >= 15 is 0 Å². The SMILES string of the molecule is CCNC(=NCc1ccc(S(=O)(=O)N(C)C)cc1)NCc1ncc(CC)s1.I. The molecule has 0 atom stereocenters. The Morgan fingerprint density at radius 1 is 1.18 bits per heavy atom. The van der Waals surface area contributed by atoms with Crippen molar-refractivity contribution in [2.75, 3.05) is 20.6 Å². The number of hydrogen-bond donors (Lipinski definition) is 2. The van der Waals surface area contributed by atoms with Gasteiger partial charge >= 0.3 is 0 Å². The zero-order valence-electron chi connectivity index (χ0n) is 16.6. The summed E-state index contributed by atoms with van der Waals surface area (Å²) >= 11 is 1.70. The van der Waals surface area contributed by atoms with Gasteiger partial charge in [-0.1, -0.05) is 19.1 Å². The van der Waals surface area contributed by atoms with Gasteiger partial charge in [-0.2, -0.15) is 0 Å². The summed E-state index contributed by atoms with van der Waals surface area (Å²) in [5, 5.41) is 7.51. The fraction of sp³-hybridized carbons (Fsp3) is 0.444. The average molecular weight is 537 g/mol. The largest absolute Gasteiger partial charge is 0.357 e. The van der Waals surface area contributed by atoms with Gasteiger partial charge in [-0.05, 0) is 31.0 Å². The number of nitrogens with zero attached hydrogens (tertiary/aromatic N) is 3. The normalized spacial score (nSPS) is 12.0. The summed E-state index contributed by atoms with van der Waals surface area (Å²) in [6, 6.07) is 6.81. The highest BCUT2D eigenvalue weighted by Crippen LogP contribution is 2.15. The number of halogens is 1. The van der Waals surface area contributed by atoms with Crippen molar-refractivity contribution in [1.29, 1.82) is 0 Å². The molecular formula is C18H28IN5O2S2. The summed E-state index contributed by atoms with van der Waals surface area (Å²) in [6.07, 6.45) is 2.90. The molecule has 0 aliphatic carbocycles. The number of sulfonamides is 1. The summed E-state index contributed by atoms with van der Waals surface area (Å²) in [5.74, 6) is 0.704. The molecule has 2 N–H and O–H groups in total. The number of aryl methyl sites for hydroxylation is 1. The van der Waals surface area contributed by atoms with Crippen LogP contribution < -0.4 is 10.6 Å². The number of guanidine groups is 1. The van der Waals surface area contributed by atoms with Gasteiger partial charge < -0.3 is 10.6 Å². The average Bonchev–Trinajstić information content (AvgIpc) is 3.12. The van der Waals surface area contributed by atoms with Crippen molar-refractivity contribution in [1.82, 2.24) is 19.9 Å². The van der Waals surface area contributed by atoms with Crippen molar-refractivity contribution in [2.24, 2.45) is 4.99 Å². The van der Waals surface area contributed by atoms with Crippen LogP contribution in [0.15, 0.2) is 40.4 Å². The molecule has 0 amide bonds. The lowest BCUT2D eigenvalue weighted by Crippen LogP contribution is -2.36. The smallest absolute Gasteiger partial charge is 0.242 e. The molecule has 10 heteroatoms. The first-order valence-corrected chi connectivity index (χ1v) is 11.1. The van der Waals surface area contributed by atoms with E-state index in [1.807, 2.05) is 13.1 Å². The summed E-state index contributed by atoms with van der Waals surface area (Å²) in [4.78, 5) is 10.5. The van der Waals surface area contributed by atoms with Crippen molar-refractivity contribution in [3.8, 4) is 0 Å². The quantitative estimate of drug-likeness (QED) is 0.307. The maximum Gasteiger partial charge on any atom is 0.242 e. The van der Waals surface area contributed by atoms with Crippen LogP contribution in [0.3, 0.4) is 0 Å². The Bertz CT molecular complexity index is 864. The standard InChI is InChI=1S/C18H27N5O2S2.HI/c1-5-15-12-20-17(26-15)13-22-18(19-6-2)21-11-14-7-9-16(10-8-14)27(24,25)23(3)4;/h7-10,12H,5-6,11,13H2,1-4H3,(H2,19,21,22);1H. The van der Waals surface area contributed by atoms with Gasteiger partial charge in [0.25, 0.3) is 0 Å². The Balaban J connectivity index is 0.00000392. The second-order valence-electron chi connectivity index (χ2n) is 6.05. The van der Waals surface area contributed by atoms with Crippen LogP contribution >= 0.6 is 35.3 Å². The molecule has 0 unspecified atom stereocenters. The molecule has 0 saturated heterocycles. The van der Waals surface area contributed by atoms with E-state index in [-0.39, 0.29) is 28.9 Å². The third kappa shape index (κ3) is 6.98. The Labute approximate surface area is 188 Å². The molecular weight excluding hydrogens is 509 g/mol. The highest BCUT2D eigenvalue weighted by molar-refractivity contribution is 14.0. The molecule has 0 bridgehead atoms. The first-order chi connectivity index (χ1) is 12.9. The van der Waals surface area contributed by atoms with Gasteiger partial charge in [0.2, 0.25) is 10.0 Å². The van der Waals surface area contributed by atoms with E-state index in [2.05, 4.69) is 27.5 Å². The first-order valence-electron chi connectivity index (χ1n) is 8.84. The van der Waals surface area contributed by atoms with Crippen molar-refractivity contribution in [2.45, 2.75) is 38.3 Å². The molecule has 1 aromatic heterocycles. The van der Waals surface area contributed by atoms with E-state index in [4.69, 9.17) is 0 Å². The van der Waals surface area contributed by atoms with Crippen molar-refractivity contribution in [3.63, 3.8) is 0 Å². The zero-order valence-corrected chi connectivity index (χ0v) is 20.6. The molecule has 7 nitrogen and oxygen atoms in total. The number of rotatable bonds is 8. The molecule has 0 radical (unpaired) electrons. The molecule has 28 heavy (non-hydrogen) atoms. The van der Waals surface area contributed by atoms with E-state index in [0.29, 0.717) is 19.0 Å². The van der Waals surface area contributed by atoms with Crippen molar-refractivity contribution < 1.29 is 8.42 Å². The molecule has 0 saturated carbocycles. The molecule has 0 spiro atoms. The number of hydrogen-bond acceptors (Lipinski definition) is 5. The Kier molecular flexibility index (Phi) is 10.4. The van der Waals surface area contributed by atoms with Crippen LogP contribution in [0.5, 0.6) is 0 Å². The maximum atomic E-state index is 12.1. The van der Waals surface area contributed by atoms with E-state index in [9.17, 15) is 8.42 Å². The van der Waals surface area contributed by atoms with E-state index in [1.54, 1.807) is 35.6 Å². The zero-order chi connectivity index (χ0) is 19.9. The first kappa shape index (κ1) is 24.8. The third-order valence-corrected chi connectivity index (χ3v) is 6.79. The van der Waals surface area contributed by atoms with Crippen molar-refractivity contribution >= 4 is 51.3 Å². The minimum absolute atomic E-state index is 0. The highest BCUT2D eigenvalue weighted by Gasteiger charge is 2.16. The van der Waals surface area contributed by atoms with Crippen LogP contribution in [-0.4, -0.2) is 44.3 Å². The van der Waals surface area contributed by atoms with Gasteiger partial charge in [0.15, 0.2) is 5.96 Å². The van der Waals surface area contributed by atoms with Crippen LogP contribution in [0, 0.1) is 0 Å². The molecule has 0 aliphatic rings. The molecule has 0 aliphatic heterocycles. The highest BCUT2D eigenvalue weighted by atomic mass is 127. The van der Waals surface area contributed by atoms with Crippen LogP contribution in [0.25, 0.3) is 0 Å². The summed E-state index contributed by atoms with van der Waals surface area (Å²) in [5.41, 5.74) is 0.937. The van der Waals surface area contributed by atoms with E-state index in [0.717, 1.165) is 23.5 Å².